The van der Waals surface area contributed by atoms with Crippen LogP contribution in [-0.2, 0) is 0 Å². The van der Waals surface area contributed by atoms with Crippen LogP contribution >= 0.6 is 0 Å². The molecule has 0 saturated heterocycles. The molecule has 0 unspecified atom stereocenters. The normalized spacial score (nSPS) is 13.9. The number of nitrogens with zero attached hydrogens (tertiary/aromatic N) is 4. The van der Waals surface area contributed by atoms with E-state index in [4.69, 9.17) is 19.4 Å². The largest absolute Gasteiger partial charge is 0.497 e. The molecule has 0 spiro atoms. The van der Waals surface area contributed by atoms with Crippen molar-refractivity contribution in [3.63, 3.8) is 0 Å². The Bertz CT molecular complexity index is 1220. The summed E-state index contributed by atoms with van der Waals surface area (Å²) in [4.78, 5) is 9.65. The van der Waals surface area contributed by atoms with Crippen molar-refractivity contribution in [2.24, 2.45) is 0 Å². The highest BCUT2D eigenvalue weighted by Gasteiger charge is 2.20. The molecule has 2 aromatic heterocycles. The van der Waals surface area contributed by atoms with Crippen molar-refractivity contribution in [1.29, 1.82) is 0 Å². The van der Waals surface area contributed by atoms with Gasteiger partial charge in [0.25, 0.3) is 0 Å². The van der Waals surface area contributed by atoms with E-state index >= 15 is 0 Å². The predicted octanol–water partition coefficient (Wildman–Crippen LogP) is 4.93. The summed E-state index contributed by atoms with van der Waals surface area (Å²) in [5, 5.41) is 12.4. The number of aromatic nitrogens is 4. The van der Waals surface area contributed by atoms with Crippen LogP contribution in [0, 0.1) is 0 Å². The number of fused-ring (bicyclic) bond motifs is 1. The Morgan fingerprint density at radius 2 is 1.78 bits per heavy atom. The molecule has 0 amide bonds. The smallest absolute Gasteiger partial charge is 0.226 e. The molecule has 1 aliphatic rings. The molecular formula is C24H26N6O2. The first-order chi connectivity index (χ1) is 15.7. The van der Waals surface area contributed by atoms with Crippen molar-refractivity contribution in [2.75, 3.05) is 24.9 Å². The first-order valence-corrected chi connectivity index (χ1v) is 10.8. The van der Waals surface area contributed by atoms with Gasteiger partial charge < -0.3 is 20.1 Å². The van der Waals surface area contributed by atoms with Gasteiger partial charge in [-0.3, -0.25) is 0 Å². The maximum atomic E-state index is 5.54. The number of ether oxygens (including phenoxy) is 2. The lowest BCUT2D eigenvalue weighted by molar-refractivity contribution is 0.405. The van der Waals surface area contributed by atoms with Crippen LogP contribution in [0.25, 0.3) is 16.7 Å². The highest BCUT2D eigenvalue weighted by atomic mass is 16.5. The number of rotatable bonds is 7. The zero-order chi connectivity index (χ0) is 21.9. The average Bonchev–Trinajstić information content (AvgIpc) is 3.50. The zero-order valence-corrected chi connectivity index (χ0v) is 18.2. The van der Waals surface area contributed by atoms with Gasteiger partial charge >= 0.3 is 0 Å². The molecule has 164 valence electrons. The molecule has 2 aromatic carbocycles. The van der Waals surface area contributed by atoms with Crippen LogP contribution < -0.4 is 20.1 Å². The summed E-state index contributed by atoms with van der Waals surface area (Å²) in [5.41, 5.74) is 2.43. The second-order valence-electron chi connectivity index (χ2n) is 7.84. The zero-order valence-electron chi connectivity index (χ0n) is 18.2. The van der Waals surface area contributed by atoms with Gasteiger partial charge in [-0.2, -0.15) is 15.1 Å². The number of methoxy groups -OCH3 is 2. The average molecular weight is 431 g/mol. The molecule has 0 bridgehead atoms. The molecule has 0 radical (unpaired) electrons. The van der Waals surface area contributed by atoms with E-state index in [0.717, 1.165) is 41.0 Å². The molecular weight excluding hydrogens is 404 g/mol. The standard InChI is InChI=1S/C24H26N6O2/c1-31-18-12-13-21(32-2)20(14-18)27-22-19-15-25-30(17-10-4-3-5-11-17)23(19)29-24(28-22)26-16-8-6-7-9-16/h3-5,10-16H,6-9H2,1-2H3,(H2,26,27,28,29). The first-order valence-electron chi connectivity index (χ1n) is 10.8. The van der Waals surface area contributed by atoms with E-state index in [2.05, 4.69) is 15.7 Å². The minimum atomic E-state index is 0.389. The van der Waals surface area contributed by atoms with Gasteiger partial charge in [-0.05, 0) is 37.1 Å². The highest BCUT2D eigenvalue weighted by Crippen LogP contribution is 2.34. The van der Waals surface area contributed by atoms with Crippen LogP contribution in [0.4, 0.5) is 17.5 Å². The SMILES string of the molecule is COc1ccc(OC)c(Nc2nc(NC3CCCC3)nc3c2cnn3-c2ccccc2)c1. The van der Waals surface area contributed by atoms with Crippen LogP contribution in [0.3, 0.4) is 0 Å². The number of anilines is 3. The Balaban J connectivity index is 1.61. The van der Waals surface area contributed by atoms with E-state index in [1.807, 2.05) is 53.2 Å². The van der Waals surface area contributed by atoms with Gasteiger partial charge in [0.2, 0.25) is 5.95 Å². The molecule has 1 aliphatic carbocycles. The van der Waals surface area contributed by atoms with E-state index in [0.29, 0.717) is 23.6 Å². The lowest BCUT2D eigenvalue weighted by Gasteiger charge is -2.16. The van der Waals surface area contributed by atoms with Crippen LogP contribution in [0.5, 0.6) is 11.5 Å². The third-order valence-electron chi connectivity index (χ3n) is 5.78. The molecule has 2 N–H and O–H groups in total. The Kier molecular flexibility index (Phi) is 5.49. The topological polar surface area (TPSA) is 86.1 Å². The lowest BCUT2D eigenvalue weighted by Crippen LogP contribution is -2.17. The molecule has 8 heteroatoms. The lowest BCUT2D eigenvalue weighted by atomic mass is 10.2. The van der Waals surface area contributed by atoms with Gasteiger partial charge in [0.1, 0.15) is 17.3 Å². The van der Waals surface area contributed by atoms with Crippen LogP contribution in [0.1, 0.15) is 25.7 Å². The fourth-order valence-electron chi connectivity index (χ4n) is 4.12. The Morgan fingerprint density at radius 3 is 2.53 bits per heavy atom. The molecule has 32 heavy (non-hydrogen) atoms. The summed E-state index contributed by atoms with van der Waals surface area (Å²) in [5.74, 6) is 2.66. The molecule has 4 aromatic rings. The molecule has 5 rings (SSSR count). The summed E-state index contributed by atoms with van der Waals surface area (Å²) < 4.78 is 12.8. The molecule has 0 atom stereocenters. The van der Waals surface area contributed by atoms with Gasteiger partial charge in [0.05, 0.1) is 37.2 Å². The van der Waals surface area contributed by atoms with Crippen molar-refractivity contribution >= 4 is 28.5 Å². The van der Waals surface area contributed by atoms with Crippen molar-refractivity contribution < 1.29 is 9.47 Å². The van der Waals surface area contributed by atoms with Crippen LogP contribution in [0.2, 0.25) is 0 Å². The van der Waals surface area contributed by atoms with Crippen LogP contribution in [0.15, 0.2) is 54.7 Å². The van der Waals surface area contributed by atoms with Gasteiger partial charge in [-0.1, -0.05) is 31.0 Å². The predicted molar refractivity (Wildman–Crippen MR) is 125 cm³/mol. The fourth-order valence-corrected chi connectivity index (χ4v) is 4.12. The van der Waals surface area contributed by atoms with E-state index in [-0.39, 0.29) is 0 Å². The fraction of sp³-hybridized carbons (Fsp3) is 0.292. The molecule has 1 saturated carbocycles. The quantitative estimate of drug-likeness (QED) is 0.430. The van der Waals surface area contributed by atoms with Gasteiger partial charge in [-0.15, -0.1) is 0 Å². The Labute approximate surface area is 186 Å². The second kappa shape index (κ2) is 8.74. The maximum absolute atomic E-state index is 5.54. The molecule has 1 fully saturated rings. The first kappa shape index (κ1) is 20.1. The minimum absolute atomic E-state index is 0.389. The summed E-state index contributed by atoms with van der Waals surface area (Å²) in [6.45, 7) is 0. The summed E-state index contributed by atoms with van der Waals surface area (Å²) in [7, 11) is 3.28. The van der Waals surface area contributed by atoms with E-state index < -0.39 is 0 Å². The monoisotopic (exact) mass is 430 g/mol. The number of hydrogen-bond acceptors (Lipinski definition) is 7. The van der Waals surface area contributed by atoms with Gasteiger partial charge in [0.15, 0.2) is 5.65 Å². The summed E-state index contributed by atoms with van der Waals surface area (Å²) in [6, 6.07) is 16.0. The Hall–Kier alpha value is -3.81. The molecule has 0 aliphatic heterocycles. The minimum Gasteiger partial charge on any atom is -0.497 e. The van der Waals surface area contributed by atoms with E-state index in [1.165, 1.54) is 12.8 Å². The molecule has 2 heterocycles. The van der Waals surface area contributed by atoms with Crippen LogP contribution in [-0.4, -0.2) is 40.0 Å². The highest BCUT2D eigenvalue weighted by molar-refractivity contribution is 5.91. The van der Waals surface area contributed by atoms with Crippen molar-refractivity contribution in [3.8, 4) is 17.2 Å². The van der Waals surface area contributed by atoms with E-state index in [1.54, 1.807) is 20.4 Å². The summed E-state index contributed by atoms with van der Waals surface area (Å²) >= 11 is 0. The summed E-state index contributed by atoms with van der Waals surface area (Å²) in [6.07, 6.45) is 6.51. The third-order valence-corrected chi connectivity index (χ3v) is 5.78. The Morgan fingerprint density at radius 1 is 0.969 bits per heavy atom. The number of para-hydroxylation sites is 1. The van der Waals surface area contributed by atoms with Crippen molar-refractivity contribution in [1.82, 2.24) is 19.7 Å². The number of benzene rings is 2. The van der Waals surface area contributed by atoms with Crippen molar-refractivity contribution in [2.45, 2.75) is 31.7 Å². The van der Waals surface area contributed by atoms with Gasteiger partial charge in [-0.25, -0.2) is 4.68 Å². The maximum Gasteiger partial charge on any atom is 0.226 e. The van der Waals surface area contributed by atoms with E-state index in [9.17, 15) is 0 Å². The second-order valence-corrected chi connectivity index (χ2v) is 7.84. The third kappa shape index (κ3) is 3.91. The number of hydrogen-bond donors (Lipinski definition) is 2. The molecule has 8 nitrogen and oxygen atoms in total. The van der Waals surface area contributed by atoms with Gasteiger partial charge in [0, 0.05) is 12.1 Å². The number of nitrogens with one attached hydrogen (secondary N) is 2. The van der Waals surface area contributed by atoms with Crippen molar-refractivity contribution in [3.05, 3.63) is 54.7 Å².